The molecular weight excluding hydrogens is 430 g/mol. The predicted octanol–water partition coefficient (Wildman–Crippen LogP) is 1.67. The molecule has 0 aliphatic carbocycles. The van der Waals surface area contributed by atoms with Crippen LogP contribution in [0.25, 0.3) is 6.08 Å². The van der Waals surface area contributed by atoms with E-state index in [1.807, 2.05) is 36.4 Å². The quantitative estimate of drug-likeness (QED) is 0.450. The van der Waals surface area contributed by atoms with Crippen LogP contribution in [0.5, 0.6) is 0 Å². The van der Waals surface area contributed by atoms with E-state index >= 15 is 0 Å². The van der Waals surface area contributed by atoms with E-state index in [9.17, 15) is 9.59 Å². The summed E-state index contributed by atoms with van der Waals surface area (Å²) in [5, 5.41) is 8.51. The van der Waals surface area contributed by atoms with Crippen molar-refractivity contribution in [2.45, 2.75) is 0 Å². The molecule has 1 N–H and O–H groups in total. The van der Waals surface area contributed by atoms with Gasteiger partial charge in [0.05, 0.1) is 30.3 Å². The van der Waals surface area contributed by atoms with Gasteiger partial charge in [-0.2, -0.15) is 5.01 Å². The Bertz CT molecular complexity index is 1180. The molecule has 0 radical (unpaired) electrons. The molecule has 0 saturated carbocycles. The molecule has 1 aliphatic heterocycles. The van der Waals surface area contributed by atoms with E-state index in [1.54, 1.807) is 49.8 Å². The van der Waals surface area contributed by atoms with E-state index in [0.717, 1.165) is 17.3 Å². The molecule has 10 nitrogen and oxygen atoms in total. The SMILES string of the molecule is CN(C)[n+]1cc(NC(=O)CSC2=N/C(=C/c3cccnc3)C(=O)N2c2ccccc2)on1. The molecule has 3 aromatic rings. The van der Waals surface area contributed by atoms with Crippen molar-refractivity contribution in [3.63, 3.8) is 0 Å². The van der Waals surface area contributed by atoms with Crippen LogP contribution in [0.2, 0.25) is 0 Å². The molecule has 11 heteroatoms. The van der Waals surface area contributed by atoms with Crippen molar-refractivity contribution in [2.75, 3.05) is 35.1 Å². The molecular formula is C21H20N7O3S+. The van der Waals surface area contributed by atoms with Crippen molar-refractivity contribution in [3.05, 3.63) is 72.3 Å². The number of nitrogens with one attached hydrogen (secondary N) is 1. The van der Waals surface area contributed by atoms with E-state index in [4.69, 9.17) is 4.52 Å². The number of benzene rings is 1. The standard InChI is InChI=1S/C21H19N7O3S/c1-26(2)27-13-19(31-25-27)24-18(29)14-32-21-23-17(11-15-7-6-10-22-12-15)20(30)28(21)16-8-4-3-5-9-16/h3-13H,14H2,1-2H3/p+1/b17-11+. The first-order valence-corrected chi connectivity index (χ1v) is 10.6. The first kappa shape index (κ1) is 21.2. The molecule has 0 atom stereocenters. The molecule has 4 rings (SSSR count). The highest BCUT2D eigenvalue weighted by Gasteiger charge is 2.32. The molecule has 1 aliphatic rings. The van der Waals surface area contributed by atoms with Gasteiger partial charge in [-0.1, -0.05) is 36.0 Å². The van der Waals surface area contributed by atoms with Gasteiger partial charge in [-0.25, -0.2) is 4.99 Å². The Morgan fingerprint density at radius 1 is 1.25 bits per heavy atom. The van der Waals surface area contributed by atoms with Crippen LogP contribution in [-0.2, 0) is 9.59 Å². The number of pyridine rings is 1. The van der Waals surface area contributed by atoms with Gasteiger partial charge in [0.15, 0.2) is 5.17 Å². The molecule has 32 heavy (non-hydrogen) atoms. The fourth-order valence-electron chi connectivity index (χ4n) is 2.80. The first-order chi connectivity index (χ1) is 15.5. The third kappa shape index (κ3) is 4.83. The molecule has 2 amide bonds. The minimum absolute atomic E-state index is 0.0261. The van der Waals surface area contributed by atoms with E-state index in [2.05, 4.69) is 20.6 Å². The van der Waals surface area contributed by atoms with Gasteiger partial charge in [-0.3, -0.25) is 29.3 Å². The number of amidine groups is 1. The van der Waals surface area contributed by atoms with Crippen molar-refractivity contribution in [1.29, 1.82) is 0 Å². The monoisotopic (exact) mass is 450 g/mol. The predicted molar refractivity (Wildman–Crippen MR) is 121 cm³/mol. The van der Waals surface area contributed by atoms with Crippen LogP contribution in [-0.4, -0.2) is 47.1 Å². The zero-order valence-corrected chi connectivity index (χ0v) is 18.2. The number of rotatable bonds is 6. The highest BCUT2D eigenvalue weighted by Crippen LogP contribution is 2.29. The largest absolute Gasteiger partial charge is 0.305 e. The lowest BCUT2D eigenvalue weighted by Crippen LogP contribution is -2.53. The molecule has 2 aromatic heterocycles. The Balaban J connectivity index is 1.51. The maximum atomic E-state index is 13.1. The second-order valence-electron chi connectivity index (χ2n) is 6.86. The summed E-state index contributed by atoms with van der Waals surface area (Å²) in [4.78, 5) is 37.0. The van der Waals surface area contributed by atoms with E-state index in [0.29, 0.717) is 10.9 Å². The Kier molecular flexibility index (Phi) is 6.26. The first-order valence-electron chi connectivity index (χ1n) is 9.60. The minimum atomic E-state index is -0.315. The number of anilines is 2. The molecule has 3 heterocycles. The number of hydrogen-bond donors (Lipinski definition) is 1. The van der Waals surface area contributed by atoms with Crippen molar-refractivity contribution in [2.24, 2.45) is 4.99 Å². The van der Waals surface area contributed by atoms with Crippen molar-refractivity contribution >= 4 is 46.4 Å². The average molecular weight is 451 g/mol. The zero-order chi connectivity index (χ0) is 22.5. The topological polar surface area (TPSA) is 108 Å². The number of para-hydroxylation sites is 1. The summed E-state index contributed by atoms with van der Waals surface area (Å²) in [7, 11) is 3.57. The summed E-state index contributed by atoms with van der Waals surface area (Å²) in [6.07, 6.45) is 6.53. The maximum Gasteiger partial charge on any atom is 0.305 e. The number of thioether (sulfide) groups is 1. The highest BCUT2D eigenvalue weighted by atomic mass is 32.2. The lowest BCUT2D eigenvalue weighted by Gasteiger charge is -2.17. The normalized spacial score (nSPS) is 14.6. The van der Waals surface area contributed by atoms with Gasteiger partial charge in [0, 0.05) is 12.4 Å². The number of carbonyl (C=O) groups is 2. The maximum absolute atomic E-state index is 13.1. The second kappa shape index (κ2) is 9.43. The number of nitrogens with zero attached hydrogens (tertiary/aromatic N) is 6. The van der Waals surface area contributed by atoms with Gasteiger partial charge in [0.1, 0.15) is 5.70 Å². The summed E-state index contributed by atoms with van der Waals surface area (Å²) in [6.45, 7) is 0. The number of aromatic nitrogens is 3. The Morgan fingerprint density at radius 2 is 2.06 bits per heavy atom. The van der Waals surface area contributed by atoms with E-state index in [1.165, 1.54) is 9.69 Å². The number of hydrogen-bond acceptors (Lipinski definition) is 8. The summed E-state index contributed by atoms with van der Waals surface area (Å²) in [5.74, 6) is -0.348. The van der Waals surface area contributed by atoms with Crippen LogP contribution in [0.15, 0.2) is 76.3 Å². The second-order valence-corrected chi connectivity index (χ2v) is 7.80. The molecule has 0 unspecified atom stereocenters. The number of amides is 2. The van der Waals surface area contributed by atoms with Gasteiger partial charge in [0.2, 0.25) is 11.2 Å². The Morgan fingerprint density at radius 3 is 2.75 bits per heavy atom. The average Bonchev–Trinajstić information content (AvgIpc) is 3.38. The summed E-state index contributed by atoms with van der Waals surface area (Å²) >= 11 is 1.15. The molecule has 0 fully saturated rings. The zero-order valence-electron chi connectivity index (χ0n) is 17.4. The van der Waals surface area contributed by atoms with Gasteiger partial charge in [0.25, 0.3) is 12.1 Å². The lowest BCUT2D eigenvalue weighted by molar-refractivity contribution is -0.753. The van der Waals surface area contributed by atoms with Crippen LogP contribution in [0, 0.1) is 0 Å². The highest BCUT2D eigenvalue weighted by molar-refractivity contribution is 8.14. The van der Waals surface area contributed by atoms with Crippen molar-refractivity contribution in [3.8, 4) is 0 Å². The van der Waals surface area contributed by atoms with Gasteiger partial charge >= 0.3 is 5.88 Å². The molecule has 0 saturated heterocycles. The van der Waals surface area contributed by atoms with Crippen LogP contribution in [0.4, 0.5) is 11.6 Å². The van der Waals surface area contributed by atoms with Crippen LogP contribution >= 0.6 is 11.8 Å². The van der Waals surface area contributed by atoms with E-state index in [-0.39, 0.29) is 29.1 Å². The number of aliphatic imine (C=N–C) groups is 1. The molecule has 162 valence electrons. The third-order valence-electron chi connectivity index (χ3n) is 4.29. The van der Waals surface area contributed by atoms with Crippen LogP contribution < -0.4 is 20.0 Å². The van der Waals surface area contributed by atoms with E-state index < -0.39 is 0 Å². The fourth-order valence-corrected chi connectivity index (χ4v) is 3.61. The fraction of sp³-hybridized carbons (Fsp3) is 0.143. The van der Waals surface area contributed by atoms with Crippen LogP contribution in [0.1, 0.15) is 5.56 Å². The molecule has 1 aromatic carbocycles. The molecule has 0 bridgehead atoms. The third-order valence-corrected chi connectivity index (χ3v) is 5.23. The van der Waals surface area contributed by atoms with Gasteiger partial charge in [-0.05, 0) is 29.8 Å². The Labute approximate surface area is 188 Å². The van der Waals surface area contributed by atoms with Gasteiger partial charge in [-0.15, -0.1) is 0 Å². The van der Waals surface area contributed by atoms with Gasteiger partial charge < -0.3 is 0 Å². The molecule has 0 spiro atoms. The van der Waals surface area contributed by atoms with Crippen LogP contribution in [0.3, 0.4) is 0 Å². The van der Waals surface area contributed by atoms with Crippen molar-refractivity contribution < 1.29 is 18.9 Å². The summed E-state index contributed by atoms with van der Waals surface area (Å²) in [6, 6.07) is 12.8. The van der Waals surface area contributed by atoms with Crippen molar-refractivity contribution in [1.82, 2.24) is 10.3 Å². The lowest BCUT2D eigenvalue weighted by atomic mass is 10.2. The number of carbonyl (C=O) groups excluding carboxylic acids is 2. The minimum Gasteiger partial charge on any atom is -0.288 e. The summed E-state index contributed by atoms with van der Waals surface area (Å²) < 4.78 is 5.08. The Hall–Kier alpha value is -3.99. The summed E-state index contributed by atoms with van der Waals surface area (Å²) in [5.41, 5.74) is 1.70. The smallest absolute Gasteiger partial charge is 0.288 e.